The molecule has 1 saturated carbocycles. The molecule has 10 heteroatoms. The molecule has 2 aromatic carbocycles. The normalized spacial score (nSPS) is 22.4. The van der Waals surface area contributed by atoms with Crippen molar-refractivity contribution in [2.75, 3.05) is 45.9 Å². The minimum atomic E-state index is -0.672. The second-order valence-corrected chi connectivity index (χ2v) is 13.4. The molecule has 0 bridgehead atoms. The summed E-state index contributed by atoms with van der Waals surface area (Å²) in [6.07, 6.45) is 9.17. The van der Waals surface area contributed by atoms with Gasteiger partial charge >= 0.3 is 5.97 Å². The fraction of sp³-hybridized carbons (Fsp3) is 0.611. The largest absolute Gasteiger partial charge is 0.484 e. The van der Waals surface area contributed by atoms with E-state index in [4.69, 9.17) is 4.74 Å². The van der Waals surface area contributed by atoms with Crippen LogP contribution in [0.4, 0.5) is 5.69 Å². The van der Waals surface area contributed by atoms with Crippen molar-refractivity contribution in [2.24, 2.45) is 11.8 Å². The smallest absolute Gasteiger partial charge is 0.321 e. The van der Waals surface area contributed by atoms with E-state index >= 15 is 0 Å². The number of rotatable bonds is 14. The van der Waals surface area contributed by atoms with Crippen LogP contribution in [-0.2, 0) is 9.59 Å². The molecule has 2 heterocycles. The van der Waals surface area contributed by atoms with Gasteiger partial charge in [-0.3, -0.25) is 24.6 Å². The number of hydrogen-bond donors (Lipinski definition) is 1. The van der Waals surface area contributed by atoms with E-state index in [9.17, 15) is 24.8 Å². The molecule has 3 atom stereocenters. The number of carboxylic acid groups (broad SMARTS) is 1. The van der Waals surface area contributed by atoms with E-state index in [1.807, 2.05) is 11.0 Å². The summed E-state index contributed by atoms with van der Waals surface area (Å²) in [5, 5.41) is 21.3. The van der Waals surface area contributed by atoms with Crippen LogP contribution in [0.1, 0.15) is 76.2 Å². The fourth-order valence-electron chi connectivity index (χ4n) is 7.98. The van der Waals surface area contributed by atoms with Crippen molar-refractivity contribution in [1.29, 1.82) is 0 Å². The Balaban J connectivity index is 1.20. The van der Waals surface area contributed by atoms with Crippen molar-refractivity contribution in [2.45, 2.75) is 82.7 Å². The number of ether oxygens (including phenoxy) is 1. The summed E-state index contributed by atoms with van der Waals surface area (Å²) in [5.41, 5.74) is 1.28. The molecule has 0 spiro atoms. The van der Waals surface area contributed by atoms with Gasteiger partial charge < -0.3 is 19.6 Å². The highest BCUT2D eigenvalue weighted by atomic mass is 16.6. The number of hydrogen-bond acceptors (Lipinski definition) is 7. The van der Waals surface area contributed by atoms with Crippen molar-refractivity contribution in [1.82, 2.24) is 14.7 Å². The molecular formula is C36H50N4O6. The lowest BCUT2D eigenvalue weighted by atomic mass is 9.83. The van der Waals surface area contributed by atoms with Crippen molar-refractivity contribution >= 4 is 17.6 Å². The Bertz CT molecular complexity index is 1280. The van der Waals surface area contributed by atoms with Gasteiger partial charge in [-0.15, -0.1) is 0 Å². The van der Waals surface area contributed by atoms with E-state index < -0.39 is 16.9 Å². The Morgan fingerprint density at radius 2 is 1.70 bits per heavy atom. The van der Waals surface area contributed by atoms with Crippen LogP contribution in [-0.4, -0.2) is 94.6 Å². The Morgan fingerprint density at radius 3 is 2.33 bits per heavy atom. The van der Waals surface area contributed by atoms with Crippen LogP contribution in [0.15, 0.2) is 54.6 Å². The Kier molecular flexibility index (Phi) is 12.0. The minimum absolute atomic E-state index is 0.0127. The highest BCUT2D eigenvalue weighted by molar-refractivity contribution is 5.78. The summed E-state index contributed by atoms with van der Waals surface area (Å²) in [6.45, 7) is 7.02. The third-order valence-electron chi connectivity index (χ3n) is 10.4. The van der Waals surface area contributed by atoms with Gasteiger partial charge in [0.1, 0.15) is 11.8 Å². The van der Waals surface area contributed by atoms with Crippen LogP contribution >= 0.6 is 0 Å². The first-order valence-corrected chi connectivity index (χ1v) is 17.2. The van der Waals surface area contributed by atoms with Gasteiger partial charge in [0.2, 0.25) is 0 Å². The fourth-order valence-corrected chi connectivity index (χ4v) is 7.98. The van der Waals surface area contributed by atoms with Gasteiger partial charge in [-0.05, 0) is 61.6 Å². The summed E-state index contributed by atoms with van der Waals surface area (Å²) in [4.78, 5) is 43.2. The molecule has 0 radical (unpaired) electrons. The van der Waals surface area contributed by atoms with Gasteiger partial charge in [0.15, 0.2) is 6.61 Å². The number of amides is 1. The van der Waals surface area contributed by atoms with Gasteiger partial charge in [-0.25, -0.2) is 0 Å². The molecule has 2 saturated heterocycles. The molecule has 3 unspecified atom stereocenters. The van der Waals surface area contributed by atoms with Crippen LogP contribution in [0.2, 0.25) is 0 Å². The third-order valence-corrected chi connectivity index (χ3v) is 10.4. The Hall–Kier alpha value is -3.50. The zero-order valence-corrected chi connectivity index (χ0v) is 27.2. The van der Waals surface area contributed by atoms with Gasteiger partial charge in [-0.1, -0.05) is 62.9 Å². The summed E-state index contributed by atoms with van der Waals surface area (Å²) in [6, 6.07) is 16.2. The van der Waals surface area contributed by atoms with E-state index in [0.717, 1.165) is 84.1 Å². The maximum atomic E-state index is 13.4. The number of nitro groups is 1. The number of carbonyl (C=O) groups excluding carboxylic acids is 1. The van der Waals surface area contributed by atoms with Crippen LogP contribution in [0, 0.1) is 22.0 Å². The molecule has 46 heavy (non-hydrogen) atoms. The average Bonchev–Trinajstić information content (AvgIpc) is 3.48. The van der Waals surface area contributed by atoms with E-state index in [1.165, 1.54) is 36.2 Å². The van der Waals surface area contributed by atoms with Crippen molar-refractivity contribution < 1.29 is 24.4 Å². The molecule has 2 aromatic rings. The number of aliphatic carboxylic acids is 1. The van der Waals surface area contributed by atoms with Gasteiger partial charge in [0, 0.05) is 63.4 Å². The molecular weight excluding hydrogens is 584 g/mol. The van der Waals surface area contributed by atoms with Gasteiger partial charge in [0.25, 0.3) is 11.6 Å². The Morgan fingerprint density at radius 1 is 1.00 bits per heavy atom. The number of carbonyl (C=O) groups is 2. The summed E-state index contributed by atoms with van der Waals surface area (Å²) in [5.74, 6) is 0.586. The van der Waals surface area contributed by atoms with Crippen molar-refractivity contribution in [3.63, 3.8) is 0 Å². The summed E-state index contributed by atoms with van der Waals surface area (Å²) < 4.78 is 5.74. The number of nitro benzene ring substituents is 1. The van der Waals surface area contributed by atoms with Gasteiger partial charge in [0.05, 0.1) is 4.92 Å². The molecule has 10 nitrogen and oxygen atoms in total. The number of nitrogens with zero attached hydrogens (tertiary/aromatic N) is 4. The van der Waals surface area contributed by atoms with E-state index in [2.05, 4.69) is 41.0 Å². The molecule has 3 aliphatic rings. The van der Waals surface area contributed by atoms with Gasteiger partial charge in [-0.2, -0.15) is 0 Å². The molecule has 1 amide bonds. The maximum absolute atomic E-state index is 13.4. The van der Waals surface area contributed by atoms with Crippen LogP contribution < -0.4 is 4.74 Å². The summed E-state index contributed by atoms with van der Waals surface area (Å²) in [7, 11) is 0. The quantitative estimate of drug-likeness (QED) is 0.204. The molecule has 1 aliphatic carbocycles. The highest BCUT2D eigenvalue weighted by Gasteiger charge is 2.43. The predicted octanol–water partition coefficient (Wildman–Crippen LogP) is 5.82. The lowest BCUT2D eigenvalue weighted by Crippen LogP contribution is -2.50. The maximum Gasteiger partial charge on any atom is 0.321 e. The zero-order valence-electron chi connectivity index (χ0n) is 27.2. The topological polar surface area (TPSA) is 116 Å². The van der Waals surface area contributed by atoms with E-state index in [1.54, 1.807) is 0 Å². The van der Waals surface area contributed by atoms with E-state index in [0.29, 0.717) is 24.1 Å². The number of non-ortho nitro benzene ring substituents is 1. The predicted molar refractivity (Wildman–Crippen MR) is 177 cm³/mol. The van der Waals surface area contributed by atoms with Crippen LogP contribution in [0.25, 0.3) is 0 Å². The molecule has 3 fully saturated rings. The molecule has 2 aliphatic heterocycles. The molecule has 1 N–H and O–H groups in total. The second-order valence-electron chi connectivity index (χ2n) is 13.4. The standard InChI is InChI=1S/C36H50N4O6/c1-2-3-20-39(34(41)26-46-32-16-14-31(15-17-32)40(44)45)30-18-21-37(22-19-30)23-29-24-38(25-33(29)27-10-6-4-7-11-27)35(36(42)43)28-12-8-5-9-13-28/h4,6-7,10-11,14-17,28-30,33,35H,2-3,5,8-9,12-13,18-26H2,1H3,(H,42,43). The zero-order chi connectivity index (χ0) is 32.5. The number of carboxylic acids is 1. The number of unbranched alkanes of at least 4 members (excludes halogenated alkanes) is 1. The third kappa shape index (κ3) is 8.64. The monoisotopic (exact) mass is 634 g/mol. The average molecular weight is 635 g/mol. The first-order valence-electron chi connectivity index (χ1n) is 17.2. The Labute approximate surface area is 272 Å². The number of benzene rings is 2. The number of piperidine rings is 1. The van der Waals surface area contributed by atoms with Crippen LogP contribution in [0.3, 0.4) is 0 Å². The van der Waals surface area contributed by atoms with Crippen molar-refractivity contribution in [3.8, 4) is 5.75 Å². The minimum Gasteiger partial charge on any atom is -0.484 e. The van der Waals surface area contributed by atoms with Crippen LogP contribution in [0.5, 0.6) is 5.75 Å². The molecule has 250 valence electrons. The molecule has 5 rings (SSSR count). The summed E-state index contributed by atoms with van der Waals surface area (Å²) >= 11 is 0. The number of likely N-dealkylation sites (tertiary alicyclic amines) is 2. The lowest BCUT2D eigenvalue weighted by molar-refractivity contribution is -0.384. The molecule has 0 aromatic heterocycles. The first kappa shape index (κ1) is 33.9. The SMILES string of the molecule is CCCCN(C(=O)COc1ccc([N+](=O)[O-])cc1)C1CCN(CC2CN(C(C(=O)O)C3CCCCC3)CC2c2ccccc2)CC1. The lowest BCUT2D eigenvalue weighted by Gasteiger charge is -2.40. The highest BCUT2D eigenvalue weighted by Crippen LogP contribution is 2.38. The first-order chi connectivity index (χ1) is 22.3. The van der Waals surface area contributed by atoms with E-state index in [-0.39, 0.29) is 30.2 Å². The second kappa shape index (κ2) is 16.4. The van der Waals surface area contributed by atoms with Crippen molar-refractivity contribution in [3.05, 3.63) is 70.3 Å².